The number of hydrogen-bond acceptors (Lipinski definition) is 6. The van der Waals surface area contributed by atoms with Gasteiger partial charge in [0.1, 0.15) is 6.04 Å². The molecule has 12 heteroatoms. The molecular weight excluding hydrogens is 552 g/mol. The van der Waals surface area contributed by atoms with Crippen molar-refractivity contribution >= 4 is 37.5 Å². The van der Waals surface area contributed by atoms with Gasteiger partial charge in [-0.15, -0.1) is 0 Å². The highest BCUT2D eigenvalue weighted by Crippen LogP contribution is 2.26. The first kappa shape index (κ1) is 29.4. The van der Waals surface area contributed by atoms with E-state index in [0.717, 1.165) is 8.61 Å². The van der Waals surface area contributed by atoms with Gasteiger partial charge in [-0.3, -0.25) is 9.59 Å². The first-order valence-corrected chi connectivity index (χ1v) is 15.7. The zero-order chi connectivity index (χ0) is 28.9. The molecule has 3 aromatic rings. The number of benzene rings is 3. The monoisotopic (exact) mass is 584 g/mol. The number of carbonyl (C=O) groups excluding carboxylic acids is 2. The van der Waals surface area contributed by atoms with Gasteiger partial charge >= 0.3 is 0 Å². The van der Waals surface area contributed by atoms with Crippen LogP contribution in [0, 0.1) is 5.92 Å². The lowest BCUT2D eigenvalue weighted by Crippen LogP contribution is -2.60. The Morgan fingerprint density at radius 2 is 1.35 bits per heavy atom. The van der Waals surface area contributed by atoms with E-state index in [2.05, 4.69) is 10.6 Å². The summed E-state index contributed by atoms with van der Waals surface area (Å²) in [5.74, 6) is -0.936. The third kappa shape index (κ3) is 6.41. The number of anilines is 1. The standard InChI is InChI=1S/C28H32N4O6S2/c1-21(2)19-29-27(33)24-15-9-10-16-25(24)30-28(34)26-20-31(39(35,36)22-11-5-3-6-12-22)17-18-32(26)40(37,38)23-13-7-4-8-14-23/h3-16,21,26H,17-20H2,1-2H3,(H,29,33)(H,30,34). The quantitative estimate of drug-likeness (QED) is 0.398. The van der Waals surface area contributed by atoms with E-state index in [1.807, 2.05) is 13.8 Å². The molecule has 4 rings (SSSR count). The maximum absolute atomic E-state index is 13.7. The lowest BCUT2D eigenvalue weighted by Gasteiger charge is -2.39. The largest absolute Gasteiger partial charge is 0.352 e. The van der Waals surface area contributed by atoms with Crippen LogP contribution in [0.5, 0.6) is 0 Å². The second kappa shape index (κ2) is 12.3. The molecule has 10 nitrogen and oxygen atoms in total. The Kier molecular flexibility index (Phi) is 9.04. The minimum Gasteiger partial charge on any atom is -0.352 e. The number of carbonyl (C=O) groups is 2. The molecule has 0 spiro atoms. The fourth-order valence-corrected chi connectivity index (χ4v) is 7.38. The van der Waals surface area contributed by atoms with Crippen LogP contribution in [0.15, 0.2) is 94.7 Å². The summed E-state index contributed by atoms with van der Waals surface area (Å²) >= 11 is 0. The van der Waals surface area contributed by atoms with Crippen molar-refractivity contribution in [2.75, 3.05) is 31.5 Å². The third-order valence-corrected chi connectivity index (χ3v) is 10.2. The van der Waals surface area contributed by atoms with Crippen molar-refractivity contribution < 1.29 is 26.4 Å². The summed E-state index contributed by atoms with van der Waals surface area (Å²) in [7, 11) is -8.16. The molecule has 2 N–H and O–H groups in total. The van der Waals surface area contributed by atoms with E-state index in [4.69, 9.17) is 0 Å². The molecule has 2 amide bonds. The lowest BCUT2D eigenvalue weighted by atomic mass is 10.1. The zero-order valence-electron chi connectivity index (χ0n) is 22.2. The molecule has 0 radical (unpaired) electrons. The molecule has 40 heavy (non-hydrogen) atoms. The van der Waals surface area contributed by atoms with Crippen LogP contribution >= 0.6 is 0 Å². The highest BCUT2D eigenvalue weighted by atomic mass is 32.2. The summed E-state index contributed by atoms with van der Waals surface area (Å²) in [6.45, 7) is 3.55. The van der Waals surface area contributed by atoms with Gasteiger partial charge in [0, 0.05) is 26.2 Å². The summed E-state index contributed by atoms with van der Waals surface area (Å²) in [6, 6.07) is 20.4. The van der Waals surface area contributed by atoms with E-state index in [1.165, 1.54) is 24.3 Å². The van der Waals surface area contributed by atoms with Crippen LogP contribution in [-0.2, 0) is 24.8 Å². The summed E-state index contributed by atoms with van der Waals surface area (Å²) in [5.41, 5.74) is 0.396. The molecule has 1 saturated heterocycles. The van der Waals surface area contributed by atoms with Crippen LogP contribution in [0.25, 0.3) is 0 Å². The molecule has 1 atom stereocenters. The minimum atomic E-state index is -4.15. The van der Waals surface area contributed by atoms with E-state index in [1.54, 1.807) is 60.7 Å². The van der Waals surface area contributed by atoms with Crippen molar-refractivity contribution in [3.63, 3.8) is 0 Å². The van der Waals surface area contributed by atoms with E-state index in [9.17, 15) is 26.4 Å². The Balaban J connectivity index is 1.68. The summed E-state index contributed by atoms with van der Waals surface area (Å²) in [6.07, 6.45) is 0. The van der Waals surface area contributed by atoms with Gasteiger partial charge in [-0.2, -0.15) is 8.61 Å². The molecule has 1 aliphatic heterocycles. The van der Waals surface area contributed by atoms with Crippen LogP contribution in [0.4, 0.5) is 5.69 Å². The van der Waals surface area contributed by atoms with E-state index in [-0.39, 0.29) is 40.0 Å². The topological polar surface area (TPSA) is 133 Å². The number of nitrogens with one attached hydrogen (secondary N) is 2. The van der Waals surface area contributed by atoms with Crippen LogP contribution in [0.2, 0.25) is 0 Å². The second-order valence-corrected chi connectivity index (χ2v) is 13.6. The predicted molar refractivity (Wildman–Crippen MR) is 152 cm³/mol. The van der Waals surface area contributed by atoms with Gasteiger partial charge in [0.2, 0.25) is 26.0 Å². The van der Waals surface area contributed by atoms with Crippen molar-refractivity contribution in [2.45, 2.75) is 29.7 Å². The lowest BCUT2D eigenvalue weighted by molar-refractivity contribution is -0.120. The summed E-state index contributed by atoms with van der Waals surface area (Å²) in [4.78, 5) is 26.6. The minimum absolute atomic E-state index is 0.0133. The Morgan fingerprint density at radius 3 is 1.95 bits per heavy atom. The Morgan fingerprint density at radius 1 is 0.800 bits per heavy atom. The van der Waals surface area contributed by atoms with Crippen molar-refractivity contribution in [2.24, 2.45) is 5.92 Å². The average molecular weight is 585 g/mol. The van der Waals surface area contributed by atoms with Crippen molar-refractivity contribution in [3.8, 4) is 0 Å². The van der Waals surface area contributed by atoms with Gasteiger partial charge in [0.15, 0.2) is 0 Å². The Labute approximate surface area is 235 Å². The first-order valence-electron chi connectivity index (χ1n) is 12.8. The summed E-state index contributed by atoms with van der Waals surface area (Å²) < 4.78 is 56.1. The number of piperazine rings is 1. The number of hydrogen-bond donors (Lipinski definition) is 2. The predicted octanol–water partition coefficient (Wildman–Crippen LogP) is 2.77. The second-order valence-electron chi connectivity index (χ2n) is 9.76. The van der Waals surface area contributed by atoms with Crippen LogP contribution < -0.4 is 10.6 Å². The number of nitrogens with zero attached hydrogens (tertiary/aromatic N) is 2. The van der Waals surface area contributed by atoms with Crippen LogP contribution in [0.3, 0.4) is 0 Å². The number of para-hydroxylation sites is 1. The molecule has 212 valence electrons. The molecule has 0 aliphatic carbocycles. The van der Waals surface area contributed by atoms with Gasteiger partial charge in [-0.1, -0.05) is 62.4 Å². The van der Waals surface area contributed by atoms with Gasteiger partial charge in [-0.25, -0.2) is 16.8 Å². The fraction of sp³-hybridized carbons (Fsp3) is 0.286. The van der Waals surface area contributed by atoms with E-state index in [0.29, 0.717) is 6.54 Å². The average Bonchev–Trinajstić information content (AvgIpc) is 2.96. The zero-order valence-corrected chi connectivity index (χ0v) is 23.9. The van der Waals surface area contributed by atoms with E-state index < -0.39 is 44.4 Å². The van der Waals surface area contributed by atoms with Crippen molar-refractivity contribution in [1.29, 1.82) is 0 Å². The van der Waals surface area contributed by atoms with Gasteiger partial charge in [0.05, 0.1) is 21.0 Å². The van der Waals surface area contributed by atoms with Crippen LogP contribution in [0.1, 0.15) is 24.2 Å². The fourth-order valence-electron chi connectivity index (χ4n) is 4.33. The summed E-state index contributed by atoms with van der Waals surface area (Å²) in [5, 5.41) is 5.49. The van der Waals surface area contributed by atoms with Crippen LogP contribution in [-0.4, -0.2) is 69.5 Å². The number of amides is 2. The van der Waals surface area contributed by atoms with Crippen molar-refractivity contribution in [1.82, 2.24) is 13.9 Å². The SMILES string of the molecule is CC(C)CNC(=O)c1ccccc1NC(=O)C1CN(S(=O)(=O)c2ccccc2)CCN1S(=O)(=O)c1ccccc1. The first-order chi connectivity index (χ1) is 19.0. The molecule has 1 heterocycles. The smallest absolute Gasteiger partial charge is 0.253 e. The molecule has 0 aromatic heterocycles. The Bertz CT molecular complexity index is 1560. The molecule has 1 aliphatic rings. The molecular formula is C28H32N4O6S2. The highest BCUT2D eigenvalue weighted by Gasteiger charge is 2.43. The molecule has 0 bridgehead atoms. The Hall–Kier alpha value is -3.58. The molecule has 1 fully saturated rings. The van der Waals surface area contributed by atoms with Gasteiger partial charge < -0.3 is 10.6 Å². The van der Waals surface area contributed by atoms with Gasteiger partial charge in [0.25, 0.3) is 5.91 Å². The number of sulfonamides is 2. The maximum atomic E-state index is 13.7. The van der Waals surface area contributed by atoms with Crippen molar-refractivity contribution in [3.05, 3.63) is 90.5 Å². The van der Waals surface area contributed by atoms with Gasteiger partial charge in [-0.05, 0) is 42.3 Å². The molecule has 3 aromatic carbocycles. The maximum Gasteiger partial charge on any atom is 0.253 e. The highest BCUT2D eigenvalue weighted by molar-refractivity contribution is 7.89. The molecule has 1 unspecified atom stereocenters. The van der Waals surface area contributed by atoms with E-state index >= 15 is 0 Å². The molecule has 0 saturated carbocycles. The third-order valence-electron chi connectivity index (χ3n) is 6.43. The number of rotatable bonds is 9. The normalized spacial score (nSPS) is 16.9.